The van der Waals surface area contributed by atoms with Gasteiger partial charge in [-0.2, -0.15) is 0 Å². The molecule has 0 unspecified atom stereocenters. The van der Waals surface area contributed by atoms with Crippen molar-refractivity contribution in [1.82, 2.24) is 10.2 Å². The van der Waals surface area contributed by atoms with Gasteiger partial charge in [0.2, 0.25) is 5.91 Å². The van der Waals surface area contributed by atoms with Crippen molar-refractivity contribution in [2.45, 2.75) is 38.8 Å². The number of nitrogens with zero attached hydrogens (tertiary/aromatic N) is 1. The molecule has 0 heterocycles. The van der Waals surface area contributed by atoms with E-state index in [2.05, 4.69) is 22.8 Å². The normalized spacial score (nSPS) is 16.5. The highest BCUT2D eigenvalue weighted by molar-refractivity contribution is 5.88. The van der Waals surface area contributed by atoms with Crippen molar-refractivity contribution in [3.63, 3.8) is 0 Å². The lowest BCUT2D eigenvalue weighted by Gasteiger charge is -2.27. The number of carbonyl (C=O) groups excluding carboxylic acids is 2. The minimum Gasteiger partial charge on any atom is -0.331 e. The lowest BCUT2D eigenvalue weighted by molar-refractivity contribution is -0.114. The highest BCUT2D eigenvalue weighted by Crippen LogP contribution is 2.34. The lowest BCUT2D eigenvalue weighted by Crippen LogP contribution is -2.40. The Labute approximate surface area is 154 Å². The van der Waals surface area contributed by atoms with E-state index in [1.54, 1.807) is 4.90 Å². The summed E-state index contributed by atoms with van der Waals surface area (Å²) in [6.45, 7) is 3.42. The maximum Gasteiger partial charge on any atom is 0.318 e. The average molecular weight is 351 g/mol. The summed E-state index contributed by atoms with van der Waals surface area (Å²) in [5.41, 5.74) is 4.25. The van der Waals surface area contributed by atoms with Crippen LogP contribution in [0.4, 0.5) is 10.5 Å². The number of amides is 3. The van der Waals surface area contributed by atoms with E-state index in [1.165, 1.54) is 18.1 Å². The Morgan fingerprint density at radius 3 is 2.69 bits per heavy atom. The third-order valence-electron chi connectivity index (χ3n) is 4.94. The molecule has 0 spiro atoms. The Morgan fingerprint density at radius 1 is 1.15 bits per heavy atom. The third kappa shape index (κ3) is 3.87. The molecule has 0 saturated carbocycles. The predicted molar refractivity (Wildman–Crippen MR) is 103 cm³/mol. The first-order chi connectivity index (χ1) is 12.5. The summed E-state index contributed by atoms with van der Waals surface area (Å²) in [5, 5.41) is 5.83. The van der Waals surface area contributed by atoms with E-state index in [1.807, 2.05) is 50.4 Å². The molecule has 1 aliphatic carbocycles. The zero-order valence-electron chi connectivity index (χ0n) is 15.5. The molecule has 3 rings (SSSR count). The lowest BCUT2D eigenvalue weighted by atomic mass is 10.1. The number of rotatable bonds is 4. The van der Waals surface area contributed by atoms with Crippen LogP contribution in [0, 0.1) is 0 Å². The van der Waals surface area contributed by atoms with Gasteiger partial charge in [-0.25, -0.2) is 4.79 Å². The van der Waals surface area contributed by atoms with E-state index in [-0.39, 0.29) is 24.0 Å². The third-order valence-corrected chi connectivity index (χ3v) is 4.94. The maximum atomic E-state index is 12.7. The van der Waals surface area contributed by atoms with Crippen molar-refractivity contribution in [2.24, 2.45) is 0 Å². The van der Waals surface area contributed by atoms with Crippen LogP contribution < -0.4 is 10.6 Å². The summed E-state index contributed by atoms with van der Waals surface area (Å²) in [6.07, 6.45) is 1.96. The van der Waals surface area contributed by atoms with Crippen LogP contribution in [0.25, 0.3) is 0 Å². The van der Waals surface area contributed by atoms with Crippen LogP contribution in [0.1, 0.15) is 49.0 Å². The molecule has 2 aromatic carbocycles. The first kappa shape index (κ1) is 18.0. The molecule has 0 aromatic heterocycles. The first-order valence-electron chi connectivity index (χ1n) is 8.94. The fourth-order valence-electron chi connectivity index (χ4n) is 3.54. The van der Waals surface area contributed by atoms with Gasteiger partial charge in [-0.05, 0) is 48.6 Å². The van der Waals surface area contributed by atoms with Crippen molar-refractivity contribution in [3.05, 3.63) is 65.2 Å². The van der Waals surface area contributed by atoms with Gasteiger partial charge >= 0.3 is 6.03 Å². The van der Waals surface area contributed by atoms with Gasteiger partial charge < -0.3 is 15.5 Å². The SMILES string of the molecule is CC(=O)Nc1cccc([C@@H](C)NC(=O)N(C)[C@@H]2CCc3ccccc32)c1. The molecule has 5 nitrogen and oxygen atoms in total. The van der Waals surface area contributed by atoms with Gasteiger partial charge in [0.1, 0.15) is 0 Å². The summed E-state index contributed by atoms with van der Waals surface area (Å²) in [5.74, 6) is -0.113. The predicted octanol–water partition coefficient (Wildman–Crippen LogP) is 4.03. The zero-order chi connectivity index (χ0) is 18.7. The van der Waals surface area contributed by atoms with E-state index < -0.39 is 0 Å². The van der Waals surface area contributed by atoms with Gasteiger partial charge in [0.25, 0.3) is 0 Å². The van der Waals surface area contributed by atoms with Gasteiger partial charge in [-0.15, -0.1) is 0 Å². The number of hydrogen-bond donors (Lipinski definition) is 2. The Kier molecular flexibility index (Phi) is 5.26. The van der Waals surface area contributed by atoms with E-state index in [0.717, 1.165) is 24.1 Å². The fraction of sp³-hybridized carbons (Fsp3) is 0.333. The Balaban J connectivity index is 1.67. The number of benzene rings is 2. The Bertz CT molecular complexity index is 818. The van der Waals surface area contributed by atoms with Crippen LogP contribution in [-0.4, -0.2) is 23.9 Å². The second-order valence-electron chi connectivity index (χ2n) is 6.84. The molecule has 26 heavy (non-hydrogen) atoms. The average Bonchev–Trinajstić information content (AvgIpc) is 3.04. The second kappa shape index (κ2) is 7.60. The number of carbonyl (C=O) groups is 2. The van der Waals surface area contributed by atoms with Crippen LogP contribution in [0.5, 0.6) is 0 Å². The molecule has 0 bridgehead atoms. The zero-order valence-corrected chi connectivity index (χ0v) is 15.5. The molecule has 0 saturated heterocycles. The smallest absolute Gasteiger partial charge is 0.318 e. The molecular weight excluding hydrogens is 326 g/mol. The van der Waals surface area contributed by atoms with Crippen molar-refractivity contribution in [2.75, 3.05) is 12.4 Å². The molecule has 2 aromatic rings. The van der Waals surface area contributed by atoms with Gasteiger partial charge in [0.05, 0.1) is 12.1 Å². The first-order valence-corrected chi connectivity index (χ1v) is 8.94. The molecule has 1 aliphatic rings. The van der Waals surface area contributed by atoms with Crippen LogP contribution >= 0.6 is 0 Å². The van der Waals surface area contributed by atoms with Crippen molar-refractivity contribution < 1.29 is 9.59 Å². The van der Waals surface area contributed by atoms with Crippen LogP contribution in [0.3, 0.4) is 0 Å². The van der Waals surface area contributed by atoms with Gasteiger partial charge in [0.15, 0.2) is 0 Å². The number of fused-ring (bicyclic) bond motifs is 1. The van der Waals surface area contributed by atoms with Crippen molar-refractivity contribution >= 4 is 17.6 Å². The molecule has 5 heteroatoms. The van der Waals surface area contributed by atoms with Crippen molar-refractivity contribution in [1.29, 1.82) is 0 Å². The molecule has 0 radical (unpaired) electrons. The summed E-state index contributed by atoms with van der Waals surface area (Å²) < 4.78 is 0. The largest absolute Gasteiger partial charge is 0.331 e. The van der Waals surface area contributed by atoms with E-state index in [9.17, 15) is 9.59 Å². The second-order valence-corrected chi connectivity index (χ2v) is 6.84. The number of urea groups is 1. The van der Waals surface area contributed by atoms with Gasteiger partial charge in [0, 0.05) is 19.7 Å². The van der Waals surface area contributed by atoms with E-state index in [4.69, 9.17) is 0 Å². The Hall–Kier alpha value is -2.82. The topological polar surface area (TPSA) is 61.4 Å². The number of aryl methyl sites for hydroxylation is 1. The summed E-state index contributed by atoms with van der Waals surface area (Å²) in [7, 11) is 1.85. The van der Waals surface area contributed by atoms with E-state index >= 15 is 0 Å². The molecular formula is C21H25N3O2. The Morgan fingerprint density at radius 2 is 1.92 bits per heavy atom. The summed E-state index contributed by atoms with van der Waals surface area (Å²) in [6, 6.07) is 15.7. The van der Waals surface area contributed by atoms with Crippen LogP contribution in [0.15, 0.2) is 48.5 Å². The van der Waals surface area contributed by atoms with Crippen LogP contribution in [-0.2, 0) is 11.2 Å². The highest BCUT2D eigenvalue weighted by atomic mass is 16.2. The molecule has 2 atom stereocenters. The molecule has 0 fully saturated rings. The minimum atomic E-state index is -0.157. The van der Waals surface area contributed by atoms with Crippen LogP contribution in [0.2, 0.25) is 0 Å². The van der Waals surface area contributed by atoms with E-state index in [0.29, 0.717) is 0 Å². The standard InChI is InChI=1S/C21H25N3O2/c1-14(17-8-6-9-18(13-17)23-15(2)25)22-21(26)24(3)20-12-11-16-7-4-5-10-19(16)20/h4-10,13-14,20H,11-12H2,1-3H3,(H,22,26)(H,23,25)/t14-,20-/m1/s1. The molecule has 3 amide bonds. The summed E-state index contributed by atoms with van der Waals surface area (Å²) >= 11 is 0. The summed E-state index contributed by atoms with van der Waals surface area (Å²) in [4.78, 5) is 25.7. The highest BCUT2D eigenvalue weighted by Gasteiger charge is 2.28. The fourth-order valence-corrected chi connectivity index (χ4v) is 3.54. The monoisotopic (exact) mass is 351 g/mol. The number of hydrogen-bond acceptors (Lipinski definition) is 2. The minimum absolute atomic E-state index is 0.0934. The van der Waals surface area contributed by atoms with Gasteiger partial charge in [-0.1, -0.05) is 36.4 Å². The maximum absolute atomic E-state index is 12.7. The quantitative estimate of drug-likeness (QED) is 0.873. The molecule has 136 valence electrons. The molecule has 0 aliphatic heterocycles. The van der Waals surface area contributed by atoms with Crippen molar-refractivity contribution in [3.8, 4) is 0 Å². The number of anilines is 1. The number of nitrogens with one attached hydrogen (secondary N) is 2. The van der Waals surface area contributed by atoms with Gasteiger partial charge in [-0.3, -0.25) is 4.79 Å². The molecule has 2 N–H and O–H groups in total.